The molecule has 0 bridgehead atoms. The lowest BCUT2D eigenvalue weighted by molar-refractivity contribution is -0.116. The molecule has 0 unspecified atom stereocenters. The number of carbonyl (C=O) groups is 1. The highest BCUT2D eigenvalue weighted by molar-refractivity contribution is 6.33. The van der Waals surface area contributed by atoms with Gasteiger partial charge in [0.2, 0.25) is 5.91 Å². The molecule has 0 saturated carbocycles. The molecule has 0 fully saturated rings. The zero-order valence-corrected chi connectivity index (χ0v) is 12.1. The molecule has 19 heavy (non-hydrogen) atoms. The van der Waals surface area contributed by atoms with Gasteiger partial charge in [0, 0.05) is 0 Å². The Hall–Kier alpha value is -1.52. The van der Waals surface area contributed by atoms with E-state index < -0.39 is 0 Å². The Morgan fingerprint density at radius 1 is 1.32 bits per heavy atom. The quantitative estimate of drug-likeness (QED) is 0.943. The summed E-state index contributed by atoms with van der Waals surface area (Å²) in [5.41, 5.74) is 2.07. The van der Waals surface area contributed by atoms with Crippen molar-refractivity contribution in [3.05, 3.63) is 45.7 Å². The molecular formula is C13H13Cl2N3O. The van der Waals surface area contributed by atoms with Crippen LogP contribution in [0.15, 0.2) is 24.3 Å². The third kappa shape index (κ3) is 3.08. The summed E-state index contributed by atoms with van der Waals surface area (Å²) in [6.45, 7) is 3.73. The zero-order chi connectivity index (χ0) is 14.0. The second-order valence-corrected chi connectivity index (χ2v) is 4.96. The SMILES string of the molecule is Cc1nn(CC(=O)Nc2ccccc2Cl)c(C)c1Cl. The Morgan fingerprint density at radius 2 is 2.00 bits per heavy atom. The smallest absolute Gasteiger partial charge is 0.246 e. The average Bonchev–Trinajstić information content (AvgIpc) is 2.60. The van der Waals surface area contributed by atoms with Crippen molar-refractivity contribution in [1.29, 1.82) is 0 Å². The fraction of sp³-hybridized carbons (Fsp3) is 0.231. The van der Waals surface area contributed by atoms with Crippen LogP contribution < -0.4 is 5.32 Å². The van der Waals surface area contributed by atoms with Crippen molar-refractivity contribution in [3.63, 3.8) is 0 Å². The van der Waals surface area contributed by atoms with E-state index >= 15 is 0 Å². The highest BCUT2D eigenvalue weighted by Crippen LogP contribution is 2.21. The van der Waals surface area contributed by atoms with Crippen LogP contribution in [0.25, 0.3) is 0 Å². The molecule has 0 atom stereocenters. The van der Waals surface area contributed by atoms with Gasteiger partial charge in [-0.3, -0.25) is 9.48 Å². The van der Waals surface area contributed by atoms with Crippen LogP contribution in [0.3, 0.4) is 0 Å². The van der Waals surface area contributed by atoms with Crippen LogP contribution in [-0.4, -0.2) is 15.7 Å². The Bertz CT molecular complexity index is 622. The molecule has 0 aliphatic carbocycles. The summed E-state index contributed by atoms with van der Waals surface area (Å²) in [6.07, 6.45) is 0. The molecule has 1 amide bonds. The van der Waals surface area contributed by atoms with Crippen molar-refractivity contribution in [2.24, 2.45) is 0 Å². The van der Waals surface area contributed by atoms with Crippen LogP contribution in [0.4, 0.5) is 5.69 Å². The molecule has 0 aliphatic heterocycles. The largest absolute Gasteiger partial charge is 0.323 e. The number of rotatable bonds is 3. The topological polar surface area (TPSA) is 46.9 Å². The van der Waals surface area contributed by atoms with Crippen molar-refractivity contribution in [1.82, 2.24) is 9.78 Å². The Kier molecular flexibility index (Phi) is 4.12. The van der Waals surface area contributed by atoms with Gasteiger partial charge >= 0.3 is 0 Å². The van der Waals surface area contributed by atoms with E-state index in [1.165, 1.54) is 0 Å². The van der Waals surface area contributed by atoms with Gasteiger partial charge in [0.15, 0.2) is 0 Å². The monoisotopic (exact) mass is 297 g/mol. The minimum Gasteiger partial charge on any atom is -0.323 e. The minimum absolute atomic E-state index is 0.102. The number of aromatic nitrogens is 2. The lowest BCUT2D eigenvalue weighted by Gasteiger charge is -2.08. The van der Waals surface area contributed by atoms with E-state index in [1.807, 2.05) is 13.0 Å². The predicted molar refractivity (Wildman–Crippen MR) is 76.8 cm³/mol. The van der Waals surface area contributed by atoms with Crippen LogP contribution in [0.5, 0.6) is 0 Å². The molecule has 0 aliphatic rings. The number of aryl methyl sites for hydroxylation is 1. The van der Waals surface area contributed by atoms with Gasteiger partial charge < -0.3 is 5.32 Å². The first-order valence-electron chi connectivity index (χ1n) is 5.73. The molecule has 1 aromatic heterocycles. The molecule has 0 radical (unpaired) electrons. The van der Waals surface area contributed by atoms with E-state index in [0.29, 0.717) is 21.4 Å². The summed E-state index contributed by atoms with van der Waals surface area (Å²) in [5.74, 6) is -0.199. The van der Waals surface area contributed by atoms with Crippen LogP contribution in [-0.2, 0) is 11.3 Å². The van der Waals surface area contributed by atoms with Gasteiger partial charge in [0.05, 0.1) is 27.1 Å². The molecule has 1 N–H and O–H groups in total. The lowest BCUT2D eigenvalue weighted by atomic mass is 10.3. The summed E-state index contributed by atoms with van der Waals surface area (Å²) in [7, 11) is 0. The minimum atomic E-state index is -0.199. The standard InChI is InChI=1S/C13H13Cl2N3O/c1-8-13(15)9(2)18(17-8)7-12(19)16-11-6-4-3-5-10(11)14/h3-6H,7H2,1-2H3,(H,16,19). The molecule has 0 spiro atoms. The second-order valence-electron chi connectivity index (χ2n) is 4.17. The predicted octanol–water partition coefficient (Wildman–Crippen LogP) is 3.45. The van der Waals surface area contributed by atoms with E-state index in [0.717, 1.165) is 5.69 Å². The maximum absolute atomic E-state index is 11.9. The first kappa shape index (κ1) is 13.9. The highest BCUT2D eigenvalue weighted by Gasteiger charge is 2.12. The number of para-hydroxylation sites is 1. The van der Waals surface area contributed by atoms with E-state index in [-0.39, 0.29) is 12.5 Å². The molecule has 100 valence electrons. The van der Waals surface area contributed by atoms with Crippen LogP contribution in [0.2, 0.25) is 10.0 Å². The van der Waals surface area contributed by atoms with Crippen LogP contribution in [0.1, 0.15) is 11.4 Å². The van der Waals surface area contributed by atoms with E-state index in [2.05, 4.69) is 10.4 Å². The summed E-state index contributed by atoms with van der Waals surface area (Å²) in [4.78, 5) is 11.9. The van der Waals surface area contributed by atoms with Crippen LogP contribution >= 0.6 is 23.2 Å². The number of nitrogens with one attached hydrogen (secondary N) is 1. The average molecular weight is 298 g/mol. The number of anilines is 1. The fourth-order valence-electron chi connectivity index (χ4n) is 1.72. The molecule has 2 rings (SSSR count). The Balaban J connectivity index is 2.10. The van der Waals surface area contributed by atoms with Crippen molar-refractivity contribution in [2.75, 3.05) is 5.32 Å². The van der Waals surface area contributed by atoms with Gasteiger partial charge in [-0.05, 0) is 26.0 Å². The van der Waals surface area contributed by atoms with E-state index in [9.17, 15) is 4.79 Å². The molecule has 4 nitrogen and oxygen atoms in total. The molecule has 2 aromatic rings. The molecule has 1 heterocycles. The third-order valence-electron chi connectivity index (χ3n) is 2.73. The van der Waals surface area contributed by atoms with Crippen molar-refractivity contribution in [2.45, 2.75) is 20.4 Å². The van der Waals surface area contributed by atoms with Crippen LogP contribution in [0, 0.1) is 13.8 Å². The first-order chi connectivity index (χ1) is 8.99. The van der Waals surface area contributed by atoms with E-state index in [4.69, 9.17) is 23.2 Å². The van der Waals surface area contributed by atoms with Crippen molar-refractivity contribution < 1.29 is 4.79 Å². The number of carbonyl (C=O) groups excluding carboxylic acids is 1. The first-order valence-corrected chi connectivity index (χ1v) is 6.48. The zero-order valence-electron chi connectivity index (χ0n) is 10.6. The summed E-state index contributed by atoms with van der Waals surface area (Å²) in [5, 5.41) is 8.04. The number of nitrogens with zero attached hydrogens (tertiary/aromatic N) is 2. The molecule has 1 aromatic carbocycles. The number of benzene rings is 1. The Labute approximate surface area is 121 Å². The van der Waals surface area contributed by atoms with Gasteiger partial charge in [0.25, 0.3) is 0 Å². The molecule has 0 saturated heterocycles. The van der Waals surface area contributed by atoms with Gasteiger partial charge in [-0.25, -0.2) is 0 Å². The third-order valence-corrected chi connectivity index (χ3v) is 3.61. The number of hydrogen-bond acceptors (Lipinski definition) is 2. The van der Waals surface area contributed by atoms with Crippen molar-refractivity contribution >= 4 is 34.8 Å². The summed E-state index contributed by atoms with van der Waals surface area (Å²) >= 11 is 12.0. The maximum Gasteiger partial charge on any atom is 0.246 e. The van der Waals surface area contributed by atoms with Gasteiger partial charge in [-0.1, -0.05) is 35.3 Å². The van der Waals surface area contributed by atoms with Gasteiger partial charge in [-0.2, -0.15) is 5.10 Å². The van der Waals surface area contributed by atoms with Gasteiger partial charge in [0.1, 0.15) is 6.54 Å². The fourth-order valence-corrected chi connectivity index (χ4v) is 2.04. The Morgan fingerprint density at radius 3 is 2.58 bits per heavy atom. The second kappa shape index (κ2) is 5.63. The number of amides is 1. The van der Waals surface area contributed by atoms with Gasteiger partial charge in [-0.15, -0.1) is 0 Å². The summed E-state index contributed by atoms with van der Waals surface area (Å²) in [6, 6.07) is 7.08. The summed E-state index contributed by atoms with van der Waals surface area (Å²) < 4.78 is 1.57. The molecule has 6 heteroatoms. The lowest BCUT2D eigenvalue weighted by Crippen LogP contribution is -2.20. The number of hydrogen-bond donors (Lipinski definition) is 1. The maximum atomic E-state index is 11.9. The number of halogens is 2. The van der Waals surface area contributed by atoms with Crippen molar-refractivity contribution in [3.8, 4) is 0 Å². The highest BCUT2D eigenvalue weighted by atomic mass is 35.5. The van der Waals surface area contributed by atoms with E-state index in [1.54, 1.807) is 29.8 Å². The normalized spacial score (nSPS) is 10.5. The molecular weight excluding hydrogens is 285 g/mol.